The zero-order chi connectivity index (χ0) is 25.3. The molecule has 6 heteroatoms. The summed E-state index contributed by atoms with van der Waals surface area (Å²) >= 11 is 0. The highest BCUT2D eigenvalue weighted by Gasteiger charge is 2.24. The van der Waals surface area contributed by atoms with E-state index >= 15 is 0 Å². The molecule has 0 spiro atoms. The number of carbonyl (C=O) groups is 1. The summed E-state index contributed by atoms with van der Waals surface area (Å²) in [5.74, 6) is 0.876. The number of likely N-dealkylation sites (tertiary alicyclic amines) is 1. The third-order valence-electron chi connectivity index (χ3n) is 6.95. The second-order valence-corrected chi connectivity index (χ2v) is 11.2. The molecule has 35 heavy (non-hydrogen) atoms. The van der Waals surface area contributed by atoms with E-state index in [2.05, 4.69) is 78.2 Å². The molecule has 3 aromatic rings. The summed E-state index contributed by atoms with van der Waals surface area (Å²) in [5.41, 5.74) is 7.53. The number of fused-ring (bicyclic) bond motifs is 1. The maximum atomic E-state index is 12.2. The highest BCUT2D eigenvalue weighted by molar-refractivity contribution is 5.92. The zero-order valence-electron chi connectivity index (χ0n) is 22.0. The van der Waals surface area contributed by atoms with E-state index in [-0.39, 0.29) is 12.5 Å². The lowest BCUT2D eigenvalue weighted by atomic mass is 9.87. The predicted octanol–water partition coefficient (Wildman–Crippen LogP) is 5.04. The molecule has 3 heterocycles. The van der Waals surface area contributed by atoms with Crippen LogP contribution in [0.5, 0.6) is 0 Å². The Labute approximate surface area is 209 Å². The summed E-state index contributed by atoms with van der Waals surface area (Å²) in [6.07, 6.45) is 2.09. The van der Waals surface area contributed by atoms with Gasteiger partial charge in [-0.2, -0.15) is 0 Å². The fourth-order valence-corrected chi connectivity index (χ4v) is 5.29. The molecule has 0 unspecified atom stereocenters. The largest absolute Gasteiger partial charge is 0.389 e. The number of aromatic nitrogens is 2. The highest BCUT2D eigenvalue weighted by Crippen LogP contribution is 2.38. The Morgan fingerprint density at radius 2 is 1.83 bits per heavy atom. The van der Waals surface area contributed by atoms with Crippen LogP contribution in [0.4, 0.5) is 0 Å². The first kappa shape index (κ1) is 25.4. The van der Waals surface area contributed by atoms with Crippen LogP contribution in [0.3, 0.4) is 0 Å². The van der Waals surface area contributed by atoms with E-state index in [9.17, 15) is 9.90 Å². The first-order chi connectivity index (χ1) is 16.5. The van der Waals surface area contributed by atoms with Crippen molar-refractivity contribution in [3.05, 3.63) is 52.8 Å². The number of aryl methyl sites for hydroxylation is 2. The number of piperidine rings is 1. The van der Waals surface area contributed by atoms with Gasteiger partial charge in [-0.3, -0.25) is 14.7 Å². The predicted molar refractivity (Wildman–Crippen MR) is 143 cm³/mol. The smallest absolute Gasteiger partial charge is 0.234 e. The zero-order valence-corrected chi connectivity index (χ0v) is 22.0. The van der Waals surface area contributed by atoms with E-state index in [1.165, 1.54) is 33.3 Å². The van der Waals surface area contributed by atoms with Crippen molar-refractivity contribution in [2.75, 3.05) is 26.2 Å². The van der Waals surface area contributed by atoms with E-state index in [4.69, 9.17) is 0 Å². The topological polar surface area (TPSA) is 81.2 Å². The SMILES string of the molecule is Cc1cc(-c2[nH]c3ccc(C4CCN(CC(=O)NCC(C)(C)O)CC4)cc3c2C(C)C)cc(C)n1. The first-order valence-electron chi connectivity index (χ1n) is 12.8. The second-order valence-electron chi connectivity index (χ2n) is 11.2. The summed E-state index contributed by atoms with van der Waals surface area (Å²) in [7, 11) is 0. The number of nitrogens with one attached hydrogen (secondary N) is 2. The van der Waals surface area contributed by atoms with Crippen molar-refractivity contribution in [2.45, 2.75) is 71.8 Å². The van der Waals surface area contributed by atoms with Gasteiger partial charge in [0.1, 0.15) is 0 Å². The van der Waals surface area contributed by atoms with Gasteiger partial charge in [0.05, 0.1) is 17.8 Å². The number of carbonyl (C=O) groups excluding carboxylic acids is 1. The molecule has 0 atom stereocenters. The number of aliphatic hydroxyl groups is 1. The summed E-state index contributed by atoms with van der Waals surface area (Å²) < 4.78 is 0. The van der Waals surface area contributed by atoms with Crippen LogP contribution in [-0.4, -0.2) is 57.7 Å². The number of hydrogen-bond acceptors (Lipinski definition) is 4. The Balaban J connectivity index is 1.50. The van der Waals surface area contributed by atoms with Gasteiger partial charge >= 0.3 is 0 Å². The summed E-state index contributed by atoms with van der Waals surface area (Å²) in [5, 5.41) is 14.0. The summed E-state index contributed by atoms with van der Waals surface area (Å²) in [4.78, 5) is 22.7. The maximum absolute atomic E-state index is 12.2. The molecule has 0 bridgehead atoms. The molecule has 2 aromatic heterocycles. The highest BCUT2D eigenvalue weighted by atomic mass is 16.3. The number of aromatic amines is 1. The minimum atomic E-state index is -0.886. The van der Waals surface area contributed by atoms with Crippen molar-refractivity contribution in [2.24, 2.45) is 0 Å². The third kappa shape index (κ3) is 6.11. The van der Waals surface area contributed by atoms with Crippen molar-refractivity contribution in [3.8, 4) is 11.3 Å². The Hall–Kier alpha value is -2.70. The van der Waals surface area contributed by atoms with E-state index in [0.717, 1.165) is 37.3 Å². The molecular weight excluding hydrogens is 436 g/mol. The molecule has 6 nitrogen and oxygen atoms in total. The van der Waals surface area contributed by atoms with Crippen molar-refractivity contribution in [1.29, 1.82) is 0 Å². The minimum absolute atomic E-state index is 0.0185. The van der Waals surface area contributed by atoms with Gasteiger partial charge in [-0.15, -0.1) is 0 Å². The molecule has 1 saturated heterocycles. The fourth-order valence-electron chi connectivity index (χ4n) is 5.29. The van der Waals surface area contributed by atoms with E-state index in [1.54, 1.807) is 13.8 Å². The van der Waals surface area contributed by atoms with Crippen LogP contribution in [0.2, 0.25) is 0 Å². The Morgan fingerprint density at radius 3 is 2.43 bits per heavy atom. The lowest BCUT2D eigenvalue weighted by molar-refractivity contribution is -0.123. The molecule has 4 rings (SSSR count). The Bertz CT molecular complexity index is 1180. The number of H-pyrrole nitrogens is 1. The molecule has 3 N–H and O–H groups in total. The molecule has 1 aliphatic heterocycles. The average molecular weight is 477 g/mol. The van der Waals surface area contributed by atoms with Crippen molar-refractivity contribution >= 4 is 16.8 Å². The third-order valence-corrected chi connectivity index (χ3v) is 6.95. The molecule has 1 amide bonds. The van der Waals surface area contributed by atoms with Gasteiger partial charge in [0.15, 0.2) is 0 Å². The molecule has 1 fully saturated rings. The van der Waals surface area contributed by atoms with E-state index < -0.39 is 5.60 Å². The number of nitrogens with zero attached hydrogens (tertiary/aromatic N) is 2. The molecule has 1 aromatic carbocycles. The van der Waals surface area contributed by atoms with Gasteiger partial charge in [-0.25, -0.2) is 0 Å². The van der Waals surface area contributed by atoms with Crippen molar-refractivity contribution < 1.29 is 9.90 Å². The lowest BCUT2D eigenvalue weighted by Crippen LogP contribution is -2.45. The van der Waals surface area contributed by atoms with Crippen LogP contribution in [-0.2, 0) is 4.79 Å². The summed E-state index contributed by atoms with van der Waals surface area (Å²) in [6, 6.07) is 11.2. The minimum Gasteiger partial charge on any atom is -0.389 e. The van der Waals surface area contributed by atoms with Crippen molar-refractivity contribution in [1.82, 2.24) is 20.2 Å². The van der Waals surface area contributed by atoms with Crippen LogP contribution in [0.1, 0.15) is 74.9 Å². The maximum Gasteiger partial charge on any atom is 0.234 e. The molecule has 0 saturated carbocycles. The number of amides is 1. The monoisotopic (exact) mass is 476 g/mol. The normalized spacial score (nSPS) is 15.8. The molecule has 1 aliphatic rings. The van der Waals surface area contributed by atoms with Crippen LogP contribution >= 0.6 is 0 Å². The quantitative estimate of drug-likeness (QED) is 0.446. The van der Waals surface area contributed by atoms with E-state index in [1.807, 2.05) is 0 Å². The first-order valence-corrected chi connectivity index (χ1v) is 12.8. The molecular formula is C29H40N4O2. The van der Waals surface area contributed by atoms with E-state index in [0.29, 0.717) is 18.4 Å². The average Bonchev–Trinajstić information content (AvgIpc) is 3.16. The Kier molecular flexibility index (Phi) is 7.34. The second kappa shape index (κ2) is 10.1. The van der Waals surface area contributed by atoms with Gasteiger partial charge in [-0.05, 0) is 101 Å². The Morgan fingerprint density at radius 1 is 1.17 bits per heavy atom. The standard InChI is InChI=1S/C29H40N4O2/c1-18(2)27-24-15-22(7-8-25(24)32-28(27)23-13-19(3)31-20(4)14-23)21-9-11-33(12-10-21)16-26(34)30-17-29(5,6)35/h7-8,13-15,18,21,32,35H,9-12,16-17H2,1-6H3,(H,30,34). The molecule has 188 valence electrons. The van der Waals surface area contributed by atoms with Gasteiger partial charge in [0, 0.05) is 34.4 Å². The fraction of sp³-hybridized carbons (Fsp3) is 0.517. The number of hydrogen-bond donors (Lipinski definition) is 3. The van der Waals surface area contributed by atoms with Gasteiger partial charge in [-0.1, -0.05) is 19.9 Å². The van der Waals surface area contributed by atoms with Crippen LogP contribution < -0.4 is 5.32 Å². The van der Waals surface area contributed by atoms with Crippen LogP contribution in [0.15, 0.2) is 30.3 Å². The van der Waals surface area contributed by atoms with Gasteiger partial charge in [0.25, 0.3) is 0 Å². The molecule has 0 aliphatic carbocycles. The number of rotatable bonds is 7. The van der Waals surface area contributed by atoms with Crippen LogP contribution in [0, 0.1) is 13.8 Å². The number of benzene rings is 1. The number of pyridine rings is 1. The lowest BCUT2D eigenvalue weighted by Gasteiger charge is -2.32. The van der Waals surface area contributed by atoms with Gasteiger partial charge < -0.3 is 15.4 Å². The molecule has 0 radical (unpaired) electrons. The van der Waals surface area contributed by atoms with Crippen LogP contribution in [0.25, 0.3) is 22.2 Å². The van der Waals surface area contributed by atoms with Crippen molar-refractivity contribution in [3.63, 3.8) is 0 Å². The van der Waals surface area contributed by atoms with Gasteiger partial charge in [0.2, 0.25) is 5.91 Å². The summed E-state index contributed by atoms with van der Waals surface area (Å²) in [6.45, 7) is 14.5.